The second-order valence-electron chi connectivity index (χ2n) is 9.64. The summed E-state index contributed by atoms with van der Waals surface area (Å²) in [5, 5.41) is 0. The van der Waals surface area contributed by atoms with Crippen LogP contribution in [0.25, 0.3) is 44.8 Å². The van der Waals surface area contributed by atoms with Gasteiger partial charge in [-0.2, -0.15) is 0 Å². The maximum absolute atomic E-state index is 6.42. The summed E-state index contributed by atoms with van der Waals surface area (Å²) in [4.78, 5) is 7.12. The summed E-state index contributed by atoms with van der Waals surface area (Å²) >= 11 is 0. The Labute approximate surface area is 233 Å². The molecular weight excluding hydrogens is 488 g/mol. The van der Waals surface area contributed by atoms with Gasteiger partial charge in [-0.1, -0.05) is 109 Å². The summed E-state index contributed by atoms with van der Waals surface area (Å²) in [5.74, 6) is 0.622. The zero-order chi connectivity index (χ0) is 26.7. The molecular formula is C37H26N2O. The number of rotatable bonds is 6. The molecule has 1 heterocycles. The third kappa shape index (κ3) is 4.44. The Morgan fingerprint density at radius 1 is 0.425 bits per heavy atom. The van der Waals surface area contributed by atoms with Crippen LogP contribution in [0.5, 0.6) is 0 Å². The molecule has 7 rings (SSSR count). The lowest BCUT2D eigenvalue weighted by Crippen LogP contribution is -2.11. The van der Waals surface area contributed by atoms with E-state index in [0.29, 0.717) is 5.89 Å². The molecule has 0 saturated heterocycles. The molecule has 0 spiro atoms. The van der Waals surface area contributed by atoms with Gasteiger partial charge in [0.05, 0.1) is 5.69 Å². The van der Waals surface area contributed by atoms with Crippen molar-refractivity contribution in [2.24, 2.45) is 0 Å². The summed E-state index contributed by atoms with van der Waals surface area (Å²) < 4.78 is 6.42. The third-order valence-electron chi connectivity index (χ3n) is 7.12. The van der Waals surface area contributed by atoms with Gasteiger partial charge < -0.3 is 9.32 Å². The van der Waals surface area contributed by atoms with Crippen molar-refractivity contribution >= 4 is 28.2 Å². The summed E-state index contributed by atoms with van der Waals surface area (Å²) in [7, 11) is 0. The Hall–Kier alpha value is -5.41. The highest BCUT2D eigenvalue weighted by Gasteiger charge is 2.20. The minimum atomic E-state index is 0.622. The van der Waals surface area contributed by atoms with E-state index in [-0.39, 0.29) is 0 Å². The second-order valence-corrected chi connectivity index (χ2v) is 9.64. The number of benzene rings is 6. The zero-order valence-corrected chi connectivity index (χ0v) is 21.8. The number of aromatic nitrogens is 1. The van der Waals surface area contributed by atoms with E-state index in [0.717, 1.165) is 44.9 Å². The molecule has 0 N–H and O–H groups in total. The van der Waals surface area contributed by atoms with Crippen LogP contribution in [0, 0.1) is 0 Å². The normalized spacial score (nSPS) is 11.0. The Kier molecular flexibility index (Phi) is 6.15. The molecule has 0 amide bonds. The largest absolute Gasteiger partial charge is 0.435 e. The van der Waals surface area contributed by atoms with Crippen molar-refractivity contribution in [3.63, 3.8) is 0 Å². The van der Waals surface area contributed by atoms with Crippen LogP contribution in [-0.2, 0) is 0 Å². The number of anilines is 3. The number of hydrogen-bond donors (Lipinski definition) is 0. The van der Waals surface area contributed by atoms with E-state index in [1.54, 1.807) is 0 Å². The summed E-state index contributed by atoms with van der Waals surface area (Å²) in [6.45, 7) is 0. The summed E-state index contributed by atoms with van der Waals surface area (Å²) in [5.41, 5.74) is 10.3. The van der Waals surface area contributed by atoms with Crippen LogP contribution < -0.4 is 4.90 Å². The van der Waals surface area contributed by atoms with Crippen LogP contribution in [0.4, 0.5) is 17.1 Å². The number of fused-ring (bicyclic) bond motifs is 1. The topological polar surface area (TPSA) is 29.3 Å². The van der Waals surface area contributed by atoms with Gasteiger partial charge in [0.25, 0.3) is 0 Å². The first-order valence-electron chi connectivity index (χ1n) is 13.4. The molecule has 0 fully saturated rings. The molecule has 0 unspecified atom stereocenters. The maximum atomic E-state index is 6.42. The molecule has 0 saturated carbocycles. The second kappa shape index (κ2) is 10.4. The van der Waals surface area contributed by atoms with Crippen LogP contribution in [0.1, 0.15) is 0 Å². The SMILES string of the molecule is c1ccc(-c2ccc(N(c3ccccc3)c3ccccc3-c3cccc4nc(-c5ccccc5)oc34)cc2)cc1. The molecule has 0 radical (unpaired) electrons. The summed E-state index contributed by atoms with van der Waals surface area (Å²) in [6.07, 6.45) is 0. The van der Waals surface area contributed by atoms with Crippen LogP contribution in [0.3, 0.4) is 0 Å². The van der Waals surface area contributed by atoms with E-state index >= 15 is 0 Å². The van der Waals surface area contributed by atoms with Crippen LogP contribution in [0.15, 0.2) is 162 Å². The van der Waals surface area contributed by atoms with E-state index in [4.69, 9.17) is 9.40 Å². The van der Waals surface area contributed by atoms with Gasteiger partial charge in [-0.25, -0.2) is 4.98 Å². The van der Waals surface area contributed by atoms with Gasteiger partial charge in [0, 0.05) is 28.1 Å². The number of hydrogen-bond acceptors (Lipinski definition) is 3. The molecule has 3 nitrogen and oxygen atoms in total. The van der Waals surface area contributed by atoms with Gasteiger partial charge in [0.2, 0.25) is 5.89 Å². The lowest BCUT2D eigenvalue weighted by Gasteiger charge is -2.28. The van der Waals surface area contributed by atoms with E-state index < -0.39 is 0 Å². The van der Waals surface area contributed by atoms with Gasteiger partial charge in [-0.15, -0.1) is 0 Å². The van der Waals surface area contributed by atoms with Crippen molar-refractivity contribution in [1.82, 2.24) is 4.98 Å². The minimum absolute atomic E-state index is 0.622. The monoisotopic (exact) mass is 514 g/mol. The standard InChI is InChI=1S/C37H26N2O/c1-4-13-27(14-5-1)28-23-25-31(26-24-28)39(30-17-8-3-9-18-30)35-22-11-10-19-32(35)33-20-12-21-34-36(33)40-37(38-34)29-15-6-2-7-16-29/h1-26H. The molecule has 6 aromatic carbocycles. The third-order valence-corrected chi connectivity index (χ3v) is 7.12. The Balaban J connectivity index is 1.38. The number of oxazole rings is 1. The first kappa shape index (κ1) is 23.7. The highest BCUT2D eigenvalue weighted by atomic mass is 16.3. The molecule has 0 bridgehead atoms. The molecule has 0 atom stereocenters. The Morgan fingerprint density at radius 3 is 1.70 bits per heavy atom. The number of nitrogens with zero attached hydrogens (tertiary/aromatic N) is 2. The molecule has 3 heteroatoms. The average Bonchev–Trinajstić information content (AvgIpc) is 3.48. The van der Waals surface area contributed by atoms with Crippen LogP contribution in [0.2, 0.25) is 0 Å². The lowest BCUT2D eigenvalue weighted by atomic mass is 10.00. The predicted octanol–water partition coefficient (Wildman–Crippen LogP) is 10.3. The minimum Gasteiger partial charge on any atom is -0.435 e. The molecule has 190 valence electrons. The molecule has 1 aromatic heterocycles. The van der Waals surface area contributed by atoms with E-state index in [1.165, 1.54) is 11.1 Å². The molecule has 7 aromatic rings. The highest BCUT2D eigenvalue weighted by Crippen LogP contribution is 2.43. The van der Waals surface area contributed by atoms with Crippen molar-refractivity contribution in [2.75, 3.05) is 4.90 Å². The first-order valence-corrected chi connectivity index (χ1v) is 13.4. The smallest absolute Gasteiger partial charge is 0.227 e. The Bertz CT molecular complexity index is 1880. The van der Waals surface area contributed by atoms with Crippen LogP contribution >= 0.6 is 0 Å². The van der Waals surface area contributed by atoms with Gasteiger partial charge in [-0.3, -0.25) is 0 Å². The number of para-hydroxylation sites is 3. The molecule has 0 aliphatic carbocycles. The van der Waals surface area contributed by atoms with E-state index in [9.17, 15) is 0 Å². The van der Waals surface area contributed by atoms with Gasteiger partial charge >= 0.3 is 0 Å². The summed E-state index contributed by atoms with van der Waals surface area (Å²) in [6, 6.07) is 54.4. The predicted molar refractivity (Wildman–Crippen MR) is 165 cm³/mol. The maximum Gasteiger partial charge on any atom is 0.227 e. The quantitative estimate of drug-likeness (QED) is 0.221. The fourth-order valence-electron chi connectivity index (χ4n) is 5.20. The van der Waals surface area contributed by atoms with Crippen molar-refractivity contribution < 1.29 is 4.42 Å². The fourth-order valence-corrected chi connectivity index (χ4v) is 5.20. The van der Waals surface area contributed by atoms with Crippen molar-refractivity contribution in [1.29, 1.82) is 0 Å². The molecule has 0 aliphatic heterocycles. The Morgan fingerprint density at radius 2 is 0.975 bits per heavy atom. The van der Waals surface area contributed by atoms with Crippen molar-refractivity contribution in [3.05, 3.63) is 158 Å². The lowest BCUT2D eigenvalue weighted by molar-refractivity contribution is 0.621. The van der Waals surface area contributed by atoms with E-state index in [1.807, 2.05) is 54.6 Å². The van der Waals surface area contributed by atoms with Gasteiger partial charge in [-0.05, 0) is 59.7 Å². The molecule has 0 aliphatic rings. The van der Waals surface area contributed by atoms with Crippen molar-refractivity contribution in [2.45, 2.75) is 0 Å². The van der Waals surface area contributed by atoms with E-state index in [2.05, 4.69) is 108 Å². The van der Waals surface area contributed by atoms with Gasteiger partial charge in [0.1, 0.15) is 5.52 Å². The van der Waals surface area contributed by atoms with Crippen LogP contribution in [-0.4, -0.2) is 4.98 Å². The fraction of sp³-hybridized carbons (Fsp3) is 0. The average molecular weight is 515 g/mol. The van der Waals surface area contributed by atoms with Gasteiger partial charge in [0.15, 0.2) is 5.58 Å². The van der Waals surface area contributed by atoms with Crippen molar-refractivity contribution in [3.8, 4) is 33.7 Å². The molecule has 40 heavy (non-hydrogen) atoms. The highest BCUT2D eigenvalue weighted by molar-refractivity contribution is 5.98. The zero-order valence-electron chi connectivity index (χ0n) is 21.8. The first-order chi connectivity index (χ1) is 19.8.